The van der Waals surface area contributed by atoms with Gasteiger partial charge in [-0.25, -0.2) is 5.10 Å². The molecule has 1 aromatic carbocycles. The maximum absolute atomic E-state index is 12.7. The summed E-state index contributed by atoms with van der Waals surface area (Å²) >= 11 is 0. The predicted octanol–water partition coefficient (Wildman–Crippen LogP) is 1.50. The van der Waals surface area contributed by atoms with E-state index < -0.39 is 6.04 Å². The Hall–Kier alpha value is -2.70. The molecule has 2 aromatic rings. The molecule has 0 radical (unpaired) electrons. The van der Waals surface area contributed by atoms with Crippen LogP contribution in [0.1, 0.15) is 30.9 Å². The number of carbonyl (C=O) groups excluding carboxylic acids is 2. The van der Waals surface area contributed by atoms with Gasteiger partial charge >= 0.3 is 0 Å². The lowest BCUT2D eigenvalue weighted by atomic mass is 10.0. The van der Waals surface area contributed by atoms with Crippen molar-refractivity contribution >= 4 is 17.8 Å². The van der Waals surface area contributed by atoms with Crippen molar-refractivity contribution < 1.29 is 9.59 Å². The summed E-state index contributed by atoms with van der Waals surface area (Å²) in [6.07, 6.45) is 3.59. The van der Waals surface area contributed by atoms with E-state index in [2.05, 4.69) is 20.5 Å². The van der Waals surface area contributed by atoms with E-state index in [1.165, 1.54) is 6.33 Å². The largest absolute Gasteiger partial charge is 0.327 e. The molecule has 0 bridgehead atoms. The second kappa shape index (κ2) is 6.38. The van der Waals surface area contributed by atoms with Gasteiger partial charge in [0.05, 0.1) is 0 Å². The summed E-state index contributed by atoms with van der Waals surface area (Å²) < 4.78 is 0. The van der Waals surface area contributed by atoms with Gasteiger partial charge in [0.15, 0.2) is 0 Å². The highest BCUT2D eigenvalue weighted by molar-refractivity contribution is 5.96. The number of carbonyl (C=O) groups is 2. The van der Waals surface area contributed by atoms with E-state index in [1.54, 1.807) is 4.90 Å². The fraction of sp³-hybridized carbons (Fsp3) is 0.333. The fourth-order valence-corrected chi connectivity index (χ4v) is 2.66. The van der Waals surface area contributed by atoms with Gasteiger partial charge in [-0.3, -0.25) is 14.9 Å². The third-order valence-corrected chi connectivity index (χ3v) is 3.69. The van der Waals surface area contributed by atoms with Crippen LogP contribution in [-0.4, -0.2) is 38.4 Å². The van der Waals surface area contributed by atoms with Crippen molar-refractivity contribution in [3.63, 3.8) is 0 Å². The van der Waals surface area contributed by atoms with Gasteiger partial charge in [-0.2, -0.15) is 10.1 Å². The van der Waals surface area contributed by atoms with Gasteiger partial charge in [-0.1, -0.05) is 30.3 Å². The Balaban J connectivity index is 1.88. The van der Waals surface area contributed by atoms with Crippen LogP contribution in [-0.2, 0) is 9.59 Å². The second-order valence-corrected chi connectivity index (χ2v) is 5.18. The summed E-state index contributed by atoms with van der Waals surface area (Å²) in [6.45, 7) is 0.586. The normalized spacial score (nSPS) is 16.4. The van der Waals surface area contributed by atoms with Crippen LogP contribution in [0.15, 0.2) is 36.7 Å². The first-order valence-corrected chi connectivity index (χ1v) is 7.26. The lowest BCUT2D eigenvalue weighted by Crippen LogP contribution is -2.43. The summed E-state index contributed by atoms with van der Waals surface area (Å²) in [5.74, 6) is -0.0126. The van der Waals surface area contributed by atoms with Gasteiger partial charge in [-0.15, -0.1) is 0 Å². The number of benzene rings is 1. The zero-order valence-corrected chi connectivity index (χ0v) is 12.0. The van der Waals surface area contributed by atoms with Gasteiger partial charge < -0.3 is 4.90 Å². The summed E-state index contributed by atoms with van der Waals surface area (Å²) in [7, 11) is 0. The van der Waals surface area contributed by atoms with Crippen molar-refractivity contribution in [2.75, 3.05) is 11.9 Å². The summed E-state index contributed by atoms with van der Waals surface area (Å²) in [5, 5.41) is 8.97. The average molecular weight is 299 g/mol. The first-order chi connectivity index (χ1) is 10.8. The third kappa shape index (κ3) is 2.98. The minimum absolute atomic E-state index is 0.00724. The molecule has 1 aromatic heterocycles. The third-order valence-electron chi connectivity index (χ3n) is 3.69. The number of hydrogen-bond donors (Lipinski definition) is 2. The highest BCUT2D eigenvalue weighted by Crippen LogP contribution is 2.26. The van der Waals surface area contributed by atoms with Crippen LogP contribution in [0.4, 0.5) is 5.95 Å². The quantitative estimate of drug-likeness (QED) is 0.895. The van der Waals surface area contributed by atoms with E-state index in [-0.39, 0.29) is 17.8 Å². The molecule has 1 aliphatic heterocycles. The Morgan fingerprint density at radius 2 is 2.09 bits per heavy atom. The van der Waals surface area contributed by atoms with Crippen LogP contribution in [0.5, 0.6) is 0 Å². The van der Waals surface area contributed by atoms with Crippen LogP contribution in [0, 0.1) is 0 Å². The highest BCUT2D eigenvalue weighted by Gasteiger charge is 2.32. The second-order valence-electron chi connectivity index (χ2n) is 5.18. The minimum Gasteiger partial charge on any atom is -0.327 e. The number of H-pyrrole nitrogens is 1. The van der Waals surface area contributed by atoms with Gasteiger partial charge in [0, 0.05) is 13.0 Å². The summed E-state index contributed by atoms with van der Waals surface area (Å²) in [5.41, 5.74) is 0.787. The number of aromatic nitrogens is 3. The van der Waals surface area contributed by atoms with Crippen LogP contribution in [0.25, 0.3) is 0 Å². The van der Waals surface area contributed by atoms with E-state index in [0.29, 0.717) is 13.0 Å². The number of nitrogens with one attached hydrogen (secondary N) is 2. The molecule has 0 aliphatic carbocycles. The number of nitrogens with zero attached hydrogens (tertiary/aromatic N) is 3. The first-order valence-electron chi connectivity index (χ1n) is 7.26. The maximum Gasteiger partial charge on any atom is 0.254 e. The van der Waals surface area contributed by atoms with E-state index >= 15 is 0 Å². The Kier molecular flexibility index (Phi) is 4.13. The number of likely N-dealkylation sites (tertiary alicyclic amines) is 1. The van der Waals surface area contributed by atoms with E-state index in [9.17, 15) is 9.59 Å². The molecule has 2 heterocycles. The number of aromatic amines is 1. The smallest absolute Gasteiger partial charge is 0.254 e. The van der Waals surface area contributed by atoms with Crippen molar-refractivity contribution in [1.29, 1.82) is 0 Å². The lowest BCUT2D eigenvalue weighted by molar-refractivity contribution is -0.141. The first kappa shape index (κ1) is 14.2. The molecule has 1 aliphatic rings. The number of rotatable bonds is 4. The zero-order valence-electron chi connectivity index (χ0n) is 12.0. The summed E-state index contributed by atoms with van der Waals surface area (Å²) in [6, 6.07) is 8.65. The molecule has 0 spiro atoms. The minimum atomic E-state index is -0.654. The molecule has 2 amide bonds. The molecule has 3 rings (SSSR count). The number of hydrogen-bond acceptors (Lipinski definition) is 4. The molecule has 1 unspecified atom stereocenters. The van der Waals surface area contributed by atoms with Crippen LogP contribution >= 0.6 is 0 Å². The van der Waals surface area contributed by atoms with Gasteiger partial charge in [-0.05, 0) is 18.4 Å². The molecular weight excluding hydrogens is 282 g/mol. The lowest BCUT2D eigenvalue weighted by Gasteiger charge is -2.33. The Bertz CT molecular complexity index is 641. The Labute approximate surface area is 127 Å². The zero-order chi connectivity index (χ0) is 15.4. The number of amides is 2. The van der Waals surface area contributed by atoms with E-state index in [1.807, 2.05) is 30.3 Å². The summed E-state index contributed by atoms with van der Waals surface area (Å²) in [4.78, 5) is 30.4. The van der Waals surface area contributed by atoms with E-state index in [4.69, 9.17) is 0 Å². The average Bonchev–Trinajstić information content (AvgIpc) is 3.03. The monoisotopic (exact) mass is 299 g/mol. The standard InChI is InChI=1S/C15H17N5O2/c21-12-8-4-5-9-20(12)13(11-6-2-1-3-7-11)14(22)18-15-16-10-17-19-15/h1-3,6-7,10,13H,4-5,8-9H2,(H2,16,17,18,19,22). The molecule has 1 fully saturated rings. The molecule has 7 heteroatoms. The Morgan fingerprint density at radius 1 is 1.27 bits per heavy atom. The fourth-order valence-electron chi connectivity index (χ4n) is 2.66. The molecule has 7 nitrogen and oxygen atoms in total. The number of piperidine rings is 1. The highest BCUT2D eigenvalue weighted by atomic mass is 16.2. The maximum atomic E-state index is 12.7. The van der Waals surface area contributed by atoms with Crippen molar-refractivity contribution in [2.45, 2.75) is 25.3 Å². The molecule has 1 atom stereocenters. The molecule has 22 heavy (non-hydrogen) atoms. The topological polar surface area (TPSA) is 91.0 Å². The SMILES string of the molecule is O=C(Nc1ncn[nH]1)C(c1ccccc1)N1CCCCC1=O. The molecule has 2 N–H and O–H groups in total. The van der Waals surface area contributed by atoms with Gasteiger partial charge in [0.1, 0.15) is 12.4 Å². The van der Waals surface area contributed by atoms with Crippen LogP contribution < -0.4 is 5.32 Å². The van der Waals surface area contributed by atoms with Crippen molar-refractivity contribution in [3.05, 3.63) is 42.2 Å². The van der Waals surface area contributed by atoms with Crippen molar-refractivity contribution in [3.8, 4) is 0 Å². The van der Waals surface area contributed by atoms with E-state index in [0.717, 1.165) is 18.4 Å². The van der Waals surface area contributed by atoms with Crippen LogP contribution in [0.3, 0.4) is 0 Å². The molecule has 1 saturated heterocycles. The molecular formula is C15H17N5O2. The van der Waals surface area contributed by atoms with Gasteiger partial charge in [0.25, 0.3) is 5.91 Å². The van der Waals surface area contributed by atoms with Crippen molar-refractivity contribution in [2.24, 2.45) is 0 Å². The van der Waals surface area contributed by atoms with Crippen molar-refractivity contribution in [1.82, 2.24) is 20.1 Å². The predicted molar refractivity (Wildman–Crippen MR) is 79.8 cm³/mol. The Morgan fingerprint density at radius 3 is 2.77 bits per heavy atom. The molecule has 114 valence electrons. The van der Waals surface area contributed by atoms with Gasteiger partial charge in [0.2, 0.25) is 11.9 Å². The molecule has 0 saturated carbocycles. The van der Waals surface area contributed by atoms with Crippen LogP contribution in [0.2, 0.25) is 0 Å². The number of anilines is 1.